The minimum atomic E-state index is -0.562. The van der Waals surface area contributed by atoms with Crippen molar-refractivity contribution in [3.8, 4) is 11.5 Å². The summed E-state index contributed by atoms with van der Waals surface area (Å²) in [5.74, 6) is -0.209. The molecule has 0 unspecified atom stereocenters. The molecule has 1 saturated heterocycles. The van der Waals surface area contributed by atoms with Gasteiger partial charge in [0.2, 0.25) is 5.91 Å². The molecule has 9 heteroatoms. The maximum absolute atomic E-state index is 13.0. The molecule has 0 saturated carbocycles. The van der Waals surface area contributed by atoms with Crippen molar-refractivity contribution in [1.82, 2.24) is 4.90 Å². The number of halogens is 1. The first-order chi connectivity index (χ1) is 17.0. The zero-order valence-corrected chi connectivity index (χ0v) is 19.3. The number of carbonyl (C=O) groups is 3. The van der Waals surface area contributed by atoms with Crippen molar-refractivity contribution >= 4 is 40.6 Å². The molecule has 3 amide bonds. The van der Waals surface area contributed by atoms with Crippen LogP contribution in [0.25, 0.3) is 6.08 Å². The van der Waals surface area contributed by atoms with Gasteiger partial charge in [-0.25, -0.2) is 4.39 Å². The summed E-state index contributed by atoms with van der Waals surface area (Å²) in [6.07, 6.45) is 1.58. The molecule has 1 fully saturated rings. The summed E-state index contributed by atoms with van der Waals surface area (Å²) in [5, 5.41) is 2.00. The molecule has 1 N–H and O–H groups in total. The number of amides is 3. The lowest BCUT2D eigenvalue weighted by atomic mass is 10.2. The maximum Gasteiger partial charge on any atom is 0.294 e. The van der Waals surface area contributed by atoms with Crippen LogP contribution in [0.15, 0.2) is 83.8 Å². The summed E-state index contributed by atoms with van der Waals surface area (Å²) >= 11 is 0.760. The molecular weight excluding hydrogens is 471 g/mol. The fourth-order valence-electron chi connectivity index (χ4n) is 3.19. The standard InChI is InChI=1S/C26H21FN2O5S/c27-19-9-11-20(12-10-19)28-24(30)17-29-25(31)23(35-26(29)32)16-18-5-4-8-22(15-18)34-14-13-33-21-6-2-1-3-7-21/h1-12,15-16H,13-14,17H2,(H,28,30)/b23-16+. The summed E-state index contributed by atoms with van der Waals surface area (Å²) < 4.78 is 24.3. The average Bonchev–Trinajstić information content (AvgIpc) is 3.11. The molecule has 4 rings (SSSR count). The van der Waals surface area contributed by atoms with Crippen molar-refractivity contribution in [2.75, 3.05) is 25.1 Å². The largest absolute Gasteiger partial charge is 0.490 e. The monoisotopic (exact) mass is 492 g/mol. The number of anilines is 1. The van der Waals surface area contributed by atoms with E-state index < -0.39 is 29.4 Å². The average molecular weight is 493 g/mol. The molecule has 7 nitrogen and oxygen atoms in total. The first-order valence-corrected chi connectivity index (χ1v) is 11.5. The minimum Gasteiger partial charge on any atom is -0.490 e. The SMILES string of the molecule is O=C(CN1C(=O)S/C(=C/c2cccc(OCCOc3ccccc3)c2)C1=O)Nc1ccc(F)cc1. The van der Waals surface area contributed by atoms with Crippen molar-refractivity contribution in [2.24, 2.45) is 0 Å². The first kappa shape index (κ1) is 24.0. The van der Waals surface area contributed by atoms with Gasteiger partial charge in [0, 0.05) is 5.69 Å². The van der Waals surface area contributed by atoms with Gasteiger partial charge in [0.05, 0.1) is 4.91 Å². The van der Waals surface area contributed by atoms with Gasteiger partial charge < -0.3 is 14.8 Å². The fraction of sp³-hybridized carbons (Fsp3) is 0.115. The number of thioether (sulfide) groups is 1. The number of nitrogens with one attached hydrogen (secondary N) is 1. The van der Waals surface area contributed by atoms with Crippen molar-refractivity contribution in [3.63, 3.8) is 0 Å². The van der Waals surface area contributed by atoms with E-state index in [0.717, 1.165) is 22.4 Å². The molecular formula is C26H21FN2O5S. The third-order valence-electron chi connectivity index (χ3n) is 4.82. The number of nitrogens with zero attached hydrogens (tertiary/aromatic N) is 1. The molecule has 3 aromatic carbocycles. The van der Waals surface area contributed by atoms with E-state index in [9.17, 15) is 18.8 Å². The van der Waals surface area contributed by atoms with Crippen LogP contribution in [-0.2, 0) is 9.59 Å². The second-order valence-corrected chi connectivity index (χ2v) is 8.40. The van der Waals surface area contributed by atoms with Crippen LogP contribution in [0, 0.1) is 5.82 Å². The van der Waals surface area contributed by atoms with Crippen LogP contribution in [-0.4, -0.2) is 41.7 Å². The van der Waals surface area contributed by atoms with E-state index in [4.69, 9.17) is 9.47 Å². The number of ether oxygens (including phenoxy) is 2. The lowest BCUT2D eigenvalue weighted by Crippen LogP contribution is -2.36. The van der Waals surface area contributed by atoms with Crippen LogP contribution < -0.4 is 14.8 Å². The number of imide groups is 1. The Labute approximate surface area is 205 Å². The van der Waals surface area contributed by atoms with E-state index in [1.54, 1.807) is 30.3 Å². The molecule has 35 heavy (non-hydrogen) atoms. The highest BCUT2D eigenvalue weighted by Gasteiger charge is 2.36. The van der Waals surface area contributed by atoms with Gasteiger partial charge >= 0.3 is 0 Å². The van der Waals surface area contributed by atoms with Crippen molar-refractivity contribution in [1.29, 1.82) is 0 Å². The molecule has 1 heterocycles. The second-order valence-electron chi connectivity index (χ2n) is 7.41. The Bertz CT molecular complexity index is 1250. The lowest BCUT2D eigenvalue weighted by Gasteiger charge is -2.12. The van der Waals surface area contributed by atoms with Crippen LogP contribution in [0.1, 0.15) is 5.56 Å². The predicted octanol–water partition coefficient (Wildman–Crippen LogP) is 4.96. The Balaban J connectivity index is 1.32. The van der Waals surface area contributed by atoms with Crippen molar-refractivity contribution in [2.45, 2.75) is 0 Å². The van der Waals surface area contributed by atoms with Gasteiger partial charge in [-0.3, -0.25) is 19.3 Å². The smallest absolute Gasteiger partial charge is 0.294 e. The van der Waals surface area contributed by atoms with Crippen LogP contribution >= 0.6 is 11.8 Å². The Morgan fingerprint density at radius 2 is 1.60 bits per heavy atom. The van der Waals surface area contributed by atoms with E-state index in [1.807, 2.05) is 30.3 Å². The van der Waals surface area contributed by atoms with Crippen LogP contribution in [0.5, 0.6) is 11.5 Å². The normalized spacial score (nSPS) is 14.3. The summed E-state index contributed by atoms with van der Waals surface area (Å²) in [7, 11) is 0. The van der Waals surface area contributed by atoms with Crippen LogP contribution in [0.4, 0.5) is 14.9 Å². The van der Waals surface area contributed by atoms with Gasteiger partial charge in [-0.15, -0.1) is 0 Å². The van der Waals surface area contributed by atoms with Crippen LogP contribution in [0.2, 0.25) is 0 Å². The number of carbonyl (C=O) groups excluding carboxylic acids is 3. The molecule has 3 aromatic rings. The molecule has 0 spiro atoms. The molecule has 0 radical (unpaired) electrons. The van der Waals surface area contributed by atoms with Gasteiger partial charge in [-0.1, -0.05) is 30.3 Å². The Morgan fingerprint density at radius 1 is 0.914 bits per heavy atom. The minimum absolute atomic E-state index is 0.203. The van der Waals surface area contributed by atoms with E-state index in [0.29, 0.717) is 30.2 Å². The maximum atomic E-state index is 13.0. The molecule has 1 aliphatic rings. The van der Waals surface area contributed by atoms with E-state index in [2.05, 4.69) is 5.32 Å². The van der Waals surface area contributed by atoms with Gasteiger partial charge in [0.25, 0.3) is 11.1 Å². The zero-order valence-electron chi connectivity index (χ0n) is 18.5. The van der Waals surface area contributed by atoms with Crippen molar-refractivity contribution < 1.29 is 28.2 Å². The summed E-state index contributed by atoms with van der Waals surface area (Å²) in [4.78, 5) is 38.4. The molecule has 1 aliphatic heterocycles. The van der Waals surface area contributed by atoms with E-state index in [1.165, 1.54) is 24.3 Å². The molecule has 0 atom stereocenters. The van der Waals surface area contributed by atoms with Crippen molar-refractivity contribution in [3.05, 3.63) is 95.1 Å². The number of benzene rings is 3. The highest BCUT2D eigenvalue weighted by Crippen LogP contribution is 2.32. The molecule has 0 aliphatic carbocycles. The number of rotatable bonds is 9. The predicted molar refractivity (Wildman–Crippen MR) is 132 cm³/mol. The summed E-state index contributed by atoms with van der Waals surface area (Å²) in [6, 6.07) is 21.7. The van der Waals surface area contributed by atoms with Gasteiger partial charge in [-0.2, -0.15) is 0 Å². The Hall–Kier alpha value is -4.11. The number of hydrogen-bond donors (Lipinski definition) is 1. The quantitative estimate of drug-likeness (QED) is 0.336. The number of para-hydroxylation sites is 1. The first-order valence-electron chi connectivity index (χ1n) is 10.7. The molecule has 0 aromatic heterocycles. The third-order valence-corrected chi connectivity index (χ3v) is 5.73. The highest BCUT2D eigenvalue weighted by atomic mass is 32.2. The summed E-state index contributed by atoms with van der Waals surface area (Å²) in [5.41, 5.74) is 1.04. The molecule has 0 bridgehead atoms. The molecule has 178 valence electrons. The van der Waals surface area contributed by atoms with Gasteiger partial charge in [-0.05, 0) is 71.9 Å². The van der Waals surface area contributed by atoms with E-state index in [-0.39, 0.29) is 4.91 Å². The van der Waals surface area contributed by atoms with Crippen LogP contribution in [0.3, 0.4) is 0 Å². The Kier molecular flexibility index (Phi) is 7.79. The van der Waals surface area contributed by atoms with Gasteiger partial charge in [0.1, 0.15) is 37.1 Å². The fourth-order valence-corrected chi connectivity index (χ4v) is 4.03. The summed E-state index contributed by atoms with van der Waals surface area (Å²) in [6.45, 7) is 0.259. The highest BCUT2D eigenvalue weighted by molar-refractivity contribution is 8.18. The van der Waals surface area contributed by atoms with E-state index >= 15 is 0 Å². The zero-order chi connectivity index (χ0) is 24.6. The lowest BCUT2D eigenvalue weighted by molar-refractivity contribution is -0.127. The number of hydrogen-bond acceptors (Lipinski definition) is 6. The Morgan fingerprint density at radius 3 is 2.34 bits per heavy atom. The topological polar surface area (TPSA) is 84.9 Å². The second kappa shape index (κ2) is 11.3. The van der Waals surface area contributed by atoms with Gasteiger partial charge in [0.15, 0.2) is 0 Å². The third kappa shape index (κ3) is 6.70.